The smallest absolute Gasteiger partial charge is 0.341 e. The normalized spacial score (nSPS) is 11.3. The van der Waals surface area contributed by atoms with Crippen LogP contribution >= 0.6 is 23.2 Å². The Morgan fingerprint density at radius 1 is 1.05 bits per heavy atom. The van der Waals surface area contributed by atoms with Crippen molar-refractivity contribution in [2.45, 2.75) is 4.90 Å². The lowest BCUT2D eigenvalue weighted by atomic mass is 10.3. The Morgan fingerprint density at radius 2 is 1.74 bits per heavy atom. The van der Waals surface area contributed by atoms with E-state index in [0.717, 1.165) is 0 Å². The van der Waals surface area contributed by atoms with Crippen LogP contribution in [0.1, 0.15) is 0 Å². The fourth-order valence-corrected chi connectivity index (χ4v) is 2.84. The fourth-order valence-electron chi connectivity index (χ4n) is 1.41. The summed E-state index contributed by atoms with van der Waals surface area (Å²) < 4.78 is 29.1. The van der Waals surface area contributed by atoms with E-state index in [1.807, 2.05) is 0 Å². The minimum Gasteiger partial charge on any atom is -0.398 e. The van der Waals surface area contributed by atoms with E-state index in [1.165, 1.54) is 30.3 Å². The fraction of sp³-hybridized carbons (Fsp3) is 0. The van der Waals surface area contributed by atoms with Crippen LogP contribution < -0.4 is 9.92 Å². The van der Waals surface area contributed by atoms with Crippen LogP contribution in [0.3, 0.4) is 0 Å². The molecule has 0 unspecified atom stereocenters. The summed E-state index contributed by atoms with van der Waals surface area (Å²) in [5.74, 6) is -0.0441. The molecular weight excluding hydrogens is 309 g/mol. The second-order valence-corrected chi connectivity index (χ2v) is 6.01. The van der Waals surface area contributed by atoms with E-state index in [4.69, 9.17) is 33.1 Å². The Kier molecular flexibility index (Phi) is 3.89. The van der Waals surface area contributed by atoms with Crippen molar-refractivity contribution >= 4 is 39.0 Å². The summed E-state index contributed by atoms with van der Waals surface area (Å²) >= 11 is 11.6. The third-order valence-corrected chi connectivity index (χ3v) is 4.14. The lowest BCUT2D eigenvalue weighted by Crippen LogP contribution is -2.12. The number of nitrogen functional groups attached to an aromatic ring is 1. The highest BCUT2D eigenvalue weighted by Gasteiger charge is 2.20. The van der Waals surface area contributed by atoms with E-state index >= 15 is 0 Å². The van der Waals surface area contributed by atoms with Crippen molar-refractivity contribution in [3.8, 4) is 5.75 Å². The van der Waals surface area contributed by atoms with Crippen molar-refractivity contribution in [3.63, 3.8) is 0 Å². The highest BCUT2D eigenvalue weighted by atomic mass is 35.5. The Balaban J connectivity index is 2.43. The summed E-state index contributed by atoms with van der Waals surface area (Å²) in [5, 5.41) is 0.457. The van der Waals surface area contributed by atoms with E-state index < -0.39 is 10.1 Å². The largest absolute Gasteiger partial charge is 0.398 e. The SMILES string of the molecule is Nc1ccccc1S(=O)(=O)Oc1cc(Cl)ccc1Cl. The average molecular weight is 318 g/mol. The van der Waals surface area contributed by atoms with E-state index in [-0.39, 0.29) is 21.4 Å². The average Bonchev–Trinajstić information content (AvgIpc) is 2.34. The molecule has 0 amide bonds. The quantitative estimate of drug-likeness (QED) is 0.696. The van der Waals surface area contributed by atoms with Gasteiger partial charge in [-0.05, 0) is 24.3 Å². The summed E-state index contributed by atoms with van der Waals surface area (Å²) in [6.07, 6.45) is 0. The molecule has 100 valence electrons. The predicted octanol–water partition coefficient (Wildman–Crippen LogP) is 3.34. The topological polar surface area (TPSA) is 69.4 Å². The molecule has 0 aliphatic carbocycles. The van der Waals surface area contributed by atoms with Gasteiger partial charge < -0.3 is 9.92 Å². The molecule has 0 radical (unpaired) electrons. The van der Waals surface area contributed by atoms with Crippen LogP contribution in [-0.2, 0) is 10.1 Å². The monoisotopic (exact) mass is 317 g/mol. The number of benzene rings is 2. The Hall–Kier alpha value is -1.43. The molecule has 7 heteroatoms. The van der Waals surface area contributed by atoms with Gasteiger partial charge in [0.1, 0.15) is 4.90 Å². The first-order valence-corrected chi connectivity index (χ1v) is 7.30. The van der Waals surface area contributed by atoms with E-state index in [1.54, 1.807) is 12.1 Å². The number of rotatable bonds is 3. The van der Waals surface area contributed by atoms with Gasteiger partial charge in [0.05, 0.1) is 10.7 Å². The number of halogens is 2. The van der Waals surface area contributed by atoms with E-state index in [2.05, 4.69) is 0 Å². The molecule has 0 bridgehead atoms. The van der Waals surface area contributed by atoms with Crippen molar-refractivity contribution in [1.29, 1.82) is 0 Å². The molecule has 2 aromatic rings. The zero-order valence-electron chi connectivity index (χ0n) is 9.51. The van der Waals surface area contributed by atoms with Crippen LogP contribution in [0, 0.1) is 0 Å². The van der Waals surface area contributed by atoms with Gasteiger partial charge >= 0.3 is 10.1 Å². The molecule has 2 aromatic carbocycles. The number of para-hydroxylation sites is 1. The zero-order chi connectivity index (χ0) is 14.0. The first-order valence-electron chi connectivity index (χ1n) is 5.14. The highest BCUT2D eigenvalue weighted by Crippen LogP contribution is 2.31. The number of hydrogen-bond acceptors (Lipinski definition) is 4. The summed E-state index contributed by atoms with van der Waals surface area (Å²) in [6.45, 7) is 0. The van der Waals surface area contributed by atoms with Gasteiger partial charge in [0.2, 0.25) is 0 Å². The van der Waals surface area contributed by atoms with Gasteiger partial charge in [-0.25, -0.2) is 0 Å². The molecule has 0 atom stereocenters. The van der Waals surface area contributed by atoms with Crippen molar-refractivity contribution in [1.82, 2.24) is 0 Å². The second-order valence-electron chi connectivity index (χ2n) is 3.65. The van der Waals surface area contributed by atoms with E-state index in [0.29, 0.717) is 5.02 Å². The summed E-state index contributed by atoms with van der Waals surface area (Å²) in [7, 11) is -4.05. The zero-order valence-corrected chi connectivity index (χ0v) is 11.8. The molecule has 0 spiro atoms. The van der Waals surface area contributed by atoms with Crippen LogP contribution in [0.5, 0.6) is 5.75 Å². The number of hydrogen-bond donors (Lipinski definition) is 1. The highest BCUT2D eigenvalue weighted by molar-refractivity contribution is 7.87. The molecule has 0 saturated carbocycles. The van der Waals surface area contributed by atoms with Crippen LogP contribution in [-0.4, -0.2) is 8.42 Å². The lowest BCUT2D eigenvalue weighted by Gasteiger charge is -2.10. The van der Waals surface area contributed by atoms with Gasteiger partial charge in [0.25, 0.3) is 0 Å². The maximum atomic E-state index is 12.1. The van der Waals surface area contributed by atoms with Crippen molar-refractivity contribution in [2.24, 2.45) is 0 Å². The van der Waals surface area contributed by atoms with Crippen LogP contribution in [0.4, 0.5) is 5.69 Å². The molecular formula is C12H9Cl2NO3S. The van der Waals surface area contributed by atoms with Crippen molar-refractivity contribution in [3.05, 3.63) is 52.5 Å². The summed E-state index contributed by atoms with van der Waals surface area (Å²) in [6, 6.07) is 10.3. The van der Waals surface area contributed by atoms with Crippen LogP contribution in [0.2, 0.25) is 10.0 Å². The van der Waals surface area contributed by atoms with Gasteiger partial charge in [-0.1, -0.05) is 35.3 Å². The van der Waals surface area contributed by atoms with Gasteiger partial charge in [-0.15, -0.1) is 0 Å². The maximum Gasteiger partial charge on any atom is 0.341 e. The molecule has 0 fully saturated rings. The van der Waals surface area contributed by atoms with Crippen LogP contribution in [0.15, 0.2) is 47.4 Å². The molecule has 0 aliphatic rings. The van der Waals surface area contributed by atoms with Crippen LogP contribution in [0.25, 0.3) is 0 Å². The minimum atomic E-state index is -4.05. The maximum absolute atomic E-state index is 12.1. The first kappa shape index (κ1) is 14.0. The predicted molar refractivity (Wildman–Crippen MR) is 75.1 cm³/mol. The molecule has 0 aromatic heterocycles. The molecule has 0 aliphatic heterocycles. The van der Waals surface area contributed by atoms with Gasteiger partial charge in [-0.2, -0.15) is 8.42 Å². The summed E-state index contributed by atoms with van der Waals surface area (Å²) in [5.41, 5.74) is 5.71. The number of anilines is 1. The molecule has 0 heterocycles. The third kappa shape index (κ3) is 3.12. The molecule has 2 N–H and O–H groups in total. The molecule has 2 rings (SSSR count). The van der Waals surface area contributed by atoms with Gasteiger partial charge in [0.15, 0.2) is 5.75 Å². The molecule has 0 saturated heterocycles. The number of nitrogens with two attached hydrogens (primary N) is 1. The van der Waals surface area contributed by atoms with Crippen molar-refractivity contribution in [2.75, 3.05) is 5.73 Å². The molecule has 19 heavy (non-hydrogen) atoms. The Bertz CT molecular complexity index is 717. The lowest BCUT2D eigenvalue weighted by molar-refractivity contribution is 0.486. The van der Waals surface area contributed by atoms with Crippen molar-refractivity contribution < 1.29 is 12.6 Å². The third-order valence-electron chi connectivity index (χ3n) is 2.28. The van der Waals surface area contributed by atoms with Gasteiger partial charge in [-0.3, -0.25) is 0 Å². The Labute approximate surface area is 120 Å². The Morgan fingerprint density at radius 3 is 2.42 bits per heavy atom. The van der Waals surface area contributed by atoms with E-state index in [9.17, 15) is 8.42 Å². The first-order chi connectivity index (χ1) is 8.90. The second kappa shape index (κ2) is 5.28. The van der Waals surface area contributed by atoms with Gasteiger partial charge in [0, 0.05) is 11.1 Å². The minimum absolute atomic E-state index is 0.0441. The molecule has 4 nitrogen and oxygen atoms in total. The standard InChI is InChI=1S/C12H9Cl2NO3S/c13-8-5-6-9(14)11(7-8)18-19(16,17)12-4-2-1-3-10(12)15/h1-7H,15H2. The summed E-state index contributed by atoms with van der Waals surface area (Å²) in [4.78, 5) is -0.119.